The number of rotatable bonds is 2. The van der Waals surface area contributed by atoms with Crippen molar-refractivity contribution in [3.8, 4) is 11.3 Å². The summed E-state index contributed by atoms with van der Waals surface area (Å²) in [6.07, 6.45) is -0.262. The van der Waals surface area contributed by atoms with Crippen LogP contribution in [0, 0.1) is 0 Å². The van der Waals surface area contributed by atoms with Crippen LogP contribution in [0.4, 0.5) is 18.9 Å². The largest absolute Gasteiger partial charge is 0.418 e. The van der Waals surface area contributed by atoms with Gasteiger partial charge in [-0.1, -0.05) is 6.07 Å². The van der Waals surface area contributed by atoms with Crippen LogP contribution in [0.5, 0.6) is 0 Å². The van der Waals surface area contributed by atoms with E-state index in [1.54, 1.807) is 11.0 Å². The van der Waals surface area contributed by atoms with Gasteiger partial charge in [0.1, 0.15) is 0 Å². The summed E-state index contributed by atoms with van der Waals surface area (Å²) in [4.78, 5) is 19.1. The van der Waals surface area contributed by atoms with Crippen molar-refractivity contribution in [1.29, 1.82) is 0 Å². The van der Waals surface area contributed by atoms with E-state index in [-0.39, 0.29) is 5.69 Å². The highest BCUT2D eigenvalue weighted by Gasteiger charge is 2.35. The molecule has 1 N–H and O–H groups in total. The van der Waals surface area contributed by atoms with Crippen LogP contribution < -0.4 is 10.5 Å². The monoisotopic (exact) mass is 309 g/mol. The molecule has 0 atom stereocenters. The van der Waals surface area contributed by atoms with E-state index in [9.17, 15) is 18.0 Å². The van der Waals surface area contributed by atoms with E-state index in [1.807, 2.05) is 0 Å². The number of nitrogens with one attached hydrogen (secondary N) is 1. The summed E-state index contributed by atoms with van der Waals surface area (Å²) in [5.41, 5.74) is -0.226. The molecule has 0 saturated carbocycles. The maximum absolute atomic E-state index is 13.4. The summed E-state index contributed by atoms with van der Waals surface area (Å²) in [5, 5.41) is 0. The molecule has 0 aliphatic carbocycles. The Bertz CT molecular complexity index is 713. The van der Waals surface area contributed by atoms with E-state index in [1.165, 1.54) is 12.3 Å². The van der Waals surface area contributed by atoms with Crippen LogP contribution in [0.3, 0.4) is 0 Å². The number of aromatic nitrogens is 2. The highest BCUT2D eigenvalue weighted by atomic mass is 19.4. The highest BCUT2D eigenvalue weighted by Crippen LogP contribution is 2.39. The fourth-order valence-corrected chi connectivity index (χ4v) is 2.66. The lowest BCUT2D eigenvalue weighted by Gasteiger charge is -2.23. The van der Waals surface area contributed by atoms with Crippen molar-refractivity contribution in [3.63, 3.8) is 0 Å². The van der Waals surface area contributed by atoms with Gasteiger partial charge in [-0.05, 0) is 25.0 Å². The molecule has 116 valence electrons. The van der Waals surface area contributed by atoms with Gasteiger partial charge in [0.25, 0.3) is 5.56 Å². The number of anilines is 1. The molecular weight excluding hydrogens is 295 g/mol. The van der Waals surface area contributed by atoms with Gasteiger partial charge in [-0.15, -0.1) is 0 Å². The summed E-state index contributed by atoms with van der Waals surface area (Å²) < 4.78 is 40.1. The molecule has 1 aliphatic rings. The number of halogens is 3. The average Bonchev–Trinajstić information content (AvgIpc) is 3.01. The number of hydrogen-bond donors (Lipinski definition) is 1. The SMILES string of the molecule is O=c1cnc(-c2ccc(N3CCCC3)c(C(F)(F)F)c2)c[nH]1. The Morgan fingerprint density at radius 1 is 1.18 bits per heavy atom. The number of alkyl halides is 3. The summed E-state index contributed by atoms with van der Waals surface area (Å²) >= 11 is 0. The fraction of sp³-hybridized carbons (Fsp3) is 0.333. The third-order valence-corrected chi connectivity index (χ3v) is 3.72. The number of nitrogens with zero attached hydrogens (tertiary/aromatic N) is 2. The zero-order chi connectivity index (χ0) is 15.7. The quantitative estimate of drug-likeness (QED) is 0.927. The maximum Gasteiger partial charge on any atom is 0.418 e. The van der Waals surface area contributed by atoms with E-state index in [4.69, 9.17) is 0 Å². The Balaban J connectivity index is 2.07. The maximum atomic E-state index is 13.4. The molecule has 3 rings (SSSR count). The van der Waals surface area contributed by atoms with Crippen molar-refractivity contribution in [1.82, 2.24) is 9.97 Å². The third-order valence-electron chi connectivity index (χ3n) is 3.72. The molecule has 1 aliphatic heterocycles. The first kappa shape index (κ1) is 14.6. The van der Waals surface area contributed by atoms with Crippen LogP contribution in [0.15, 0.2) is 35.4 Å². The third kappa shape index (κ3) is 2.84. The van der Waals surface area contributed by atoms with Crippen molar-refractivity contribution in [2.75, 3.05) is 18.0 Å². The van der Waals surface area contributed by atoms with Gasteiger partial charge in [0.05, 0.1) is 17.5 Å². The molecule has 0 radical (unpaired) electrons. The molecule has 1 aromatic carbocycles. The number of hydrogen-bond acceptors (Lipinski definition) is 3. The van der Waals surface area contributed by atoms with Gasteiger partial charge < -0.3 is 9.88 Å². The minimum atomic E-state index is -4.43. The molecule has 2 heterocycles. The predicted molar refractivity (Wildman–Crippen MR) is 76.7 cm³/mol. The van der Waals surface area contributed by atoms with E-state index < -0.39 is 17.3 Å². The van der Waals surface area contributed by atoms with Crippen molar-refractivity contribution in [3.05, 3.63) is 46.5 Å². The Labute approximate surface area is 124 Å². The normalized spacial score (nSPS) is 15.3. The molecule has 1 saturated heterocycles. The molecule has 0 bridgehead atoms. The van der Waals surface area contributed by atoms with E-state index in [0.29, 0.717) is 24.3 Å². The van der Waals surface area contributed by atoms with Crippen LogP contribution in [0.25, 0.3) is 11.3 Å². The molecule has 0 amide bonds. The second-order valence-corrected chi connectivity index (χ2v) is 5.22. The summed E-state index contributed by atoms with van der Waals surface area (Å²) in [6, 6.07) is 4.17. The van der Waals surface area contributed by atoms with Crippen molar-refractivity contribution < 1.29 is 13.2 Å². The highest BCUT2D eigenvalue weighted by molar-refractivity contribution is 5.67. The number of H-pyrrole nitrogens is 1. The second kappa shape index (κ2) is 5.47. The first-order valence-electron chi connectivity index (χ1n) is 6.96. The van der Waals surface area contributed by atoms with Crippen molar-refractivity contribution >= 4 is 5.69 Å². The minimum absolute atomic E-state index is 0.207. The summed E-state index contributed by atoms with van der Waals surface area (Å²) in [7, 11) is 0. The van der Waals surface area contributed by atoms with Crippen molar-refractivity contribution in [2.24, 2.45) is 0 Å². The second-order valence-electron chi connectivity index (χ2n) is 5.22. The Morgan fingerprint density at radius 2 is 1.91 bits per heavy atom. The van der Waals surface area contributed by atoms with Crippen LogP contribution in [-0.2, 0) is 6.18 Å². The molecule has 1 aromatic heterocycles. The van der Waals surface area contributed by atoms with Gasteiger partial charge in [-0.25, -0.2) is 4.98 Å². The van der Waals surface area contributed by atoms with Gasteiger partial charge >= 0.3 is 6.18 Å². The van der Waals surface area contributed by atoms with Gasteiger partial charge in [-0.3, -0.25) is 4.79 Å². The Morgan fingerprint density at radius 3 is 2.50 bits per heavy atom. The zero-order valence-corrected chi connectivity index (χ0v) is 11.7. The lowest BCUT2D eigenvalue weighted by Crippen LogP contribution is -2.22. The van der Waals surface area contributed by atoms with E-state index >= 15 is 0 Å². The molecule has 0 spiro atoms. The topological polar surface area (TPSA) is 49.0 Å². The van der Waals surface area contributed by atoms with Gasteiger partial charge in [0.15, 0.2) is 0 Å². The first-order valence-corrected chi connectivity index (χ1v) is 6.96. The molecule has 1 fully saturated rings. The van der Waals surface area contributed by atoms with Gasteiger partial charge in [-0.2, -0.15) is 13.2 Å². The van der Waals surface area contributed by atoms with Crippen LogP contribution in [0.2, 0.25) is 0 Å². The van der Waals surface area contributed by atoms with Gasteiger partial charge in [0, 0.05) is 30.5 Å². The summed E-state index contributed by atoms with van der Waals surface area (Å²) in [6.45, 7) is 1.28. The first-order chi connectivity index (χ1) is 10.4. The number of aromatic amines is 1. The molecule has 22 heavy (non-hydrogen) atoms. The number of benzene rings is 1. The van der Waals surface area contributed by atoms with Crippen LogP contribution in [0.1, 0.15) is 18.4 Å². The summed E-state index contributed by atoms with van der Waals surface area (Å²) in [5.74, 6) is 0. The molecule has 2 aromatic rings. The van der Waals surface area contributed by atoms with Crippen LogP contribution >= 0.6 is 0 Å². The van der Waals surface area contributed by atoms with E-state index in [0.717, 1.165) is 25.1 Å². The smallest absolute Gasteiger partial charge is 0.371 e. The zero-order valence-electron chi connectivity index (χ0n) is 11.7. The average molecular weight is 309 g/mol. The lowest BCUT2D eigenvalue weighted by molar-refractivity contribution is -0.137. The molecule has 4 nitrogen and oxygen atoms in total. The van der Waals surface area contributed by atoms with Crippen molar-refractivity contribution in [2.45, 2.75) is 19.0 Å². The minimum Gasteiger partial charge on any atom is -0.371 e. The lowest BCUT2D eigenvalue weighted by atomic mass is 10.0. The fourth-order valence-electron chi connectivity index (χ4n) is 2.66. The van der Waals surface area contributed by atoms with Gasteiger partial charge in [0.2, 0.25) is 0 Å². The van der Waals surface area contributed by atoms with Crippen LogP contribution in [-0.4, -0.2) is 23.1 Å². The molecule has 0 unspecified atom stereocenters. The molecular formula is C15H14F3N3O. The Kier molecular flexibility index (Phi) is 3.64. The molecule has 7 heteroatoms. The van der Waals surface area contributed by atoms with E-state index in [2.05, 4.69) is 9.97 Å². The standard InChI is InChI=1S/C15H14F3N3O/c16-15(17,18)11-7-10(12-8-20-14(22)9-19-12)3-4-13(11)21-5-1-2-6-21/h3-4,7-9H,1-2,5-6H2,(H,20,22). The Hall–Kier alpha value is -2.31. The predicted octanol–water partition coefficient (Wildman–Crippen LogP) is 3.06.